The Bertz CT molecular complexity index is 861. The number of hydrogen-bond donors (Lipinski definition) is 1. The topological polar surface area (TPSA) is 64.6 Å². The molecule has 1 N–H and O–H groups in total. The van der Waals surface area contributed by atoms with Gasteiger partial charge in [-0.2, -0.15) is 0 Å². The minimum Gasteiger partial charge on any atom is -0.490 e. The molecule has 0 radical (unpaired) electrons. The van der Waals surface area contributed by atoms with Gasteiger partial charge in [0.1, 0.15) is 5.75 Å². The van der Waals surface area contributed by atoms with Gasteiger partial charge in [-0.3, -0.25) is 4.79 Å². The first-order valence-corrected chi connectivity index (χ1v) is 10.2. The molecule has 0 aliphatic heterocycles. The van der Waals surface area contributed by atoms with Gasteiger partial charge >= 0.3 is 5.97 Å². The van der Waals surface area contributed by atoms with Crippen molar-refractivity contribution in [3.05, 3.63) is 64.2 Å². The second-order valence-electron chi connectivity index (χ2n) is 7.36. The van der Waals surface area contributed by atoms with Crippen LogP contribution in [-0.4, -0.2) is 25.1 Å². The summed E-state index contributed by atoms with van der Waals surface area (Å²) in [4.78, 5) is 24.4. The van der Waals surface area contributed by atoms with Crippen molar-refractivity contribution in [2.45, 2.75) is 45.3 Å². The Hall–Kier alpha value is -2.53. The molecule has 0 saturated heterocycles. The molecule has 1 fully saturated rings. The first-order chi connectivity index (χ1) is 14.0. The number of ether oxygens (including phenoxy) is 2. The summed E-state index contributed by atoms with van der Waals surface area (Å²) in [5.41, 5.74) is 2.21. The summed E-state index contributed by atoms with van der Waals surface area (Å²) in [5, 5.41) is 3.46. The Kier molecular flexibility index (Phi) is 7.15. The lowest BCUT2D eigenvalue weighted by atomic mass is 9.86. The van der Waals surface area contributed by atoms with Crippen molar-refractivity contribution >= 4 is 23.5 Å². The van der Waals surface area contributed by atoms with E-state index in [4.69, 9.17) is 21.1 Å². The number of rotatable bonds is 6. The highest BCUT2D eigenvalue weighted by atomic mass is 35.5. The quantitative estimate of drug-likeness (QED) is 0.695. The van der Waals surface area contributed by atoms with Crippen LogP contribution in [0.4, 0.5) is 0 Å². The zero-order chi connectivity index (χ0) is 20.8. The van der Waals surface area contributed by atoms with Gasteiger partial charge in [-0.1, -0.05) is 41.9 Å². The third kappa shape index (κ3) is 5.51. The van der Waals surface area contributed by atoms with E-state index in [1.54, 1.807) is 12.1 Å². The number of benzene rings is 2. The van der Waals surface area contributed by atoms with Crippen molar-refractivity contribution in [1.82, 2.24) is 5.32 Å². The summed E-state index contributed by atoms with van der Waals surface area (Å²) < 4.78 is 11.0. The fourth-order valence-electron chi connectivity index (χ4n) is 3.65. The van der Waals surface area contributed by atoms with Crippen molar-refractivity contribution in [2.75, 3.05) is 7.11 Å². The van der Waals surface area contributed by atoms with Crippen molar-refractivity contribution in [2.24, 2.45) is 5.92 Å². The monoisotopic (exact) mass is 415 g/mol. The third-order valence-corrected chi connectivity index (χ3v) is 5.60. The van der Waals surface area contributed by atoms with Crippen molar-refractivity contribution < 1.29 is 19.1 Å². The normalized spacial score (nSPS) is 18.7. The molecular weight excluding hydrogens is 390 g/mol. The summed E-state index contributed by atoms with van der Waals surface area (Å²) in [7, 11) is 1.34. The minimum atomic E-state index is -0.436. The van der Waals surface area contributed by atoms with Crippen molar-refractivity contribution in [1.29, 1.82) is 0 Å². The SMILES string of the molecule is COC(=O)c1cc(Cl)cc(OC2CCC(C(=O)NCc3ccccc3)CC2)c1C. The predicted molar refractivity (Wildman–Crippen MR) is 112 cm³/mol. The Balaban J connectivity index is 1.54. The molecule has 0 spiro atoms. The van der Waals surface area contributed by atoms with Crippen LogP contribution in [0.5, 0.6) is 5.75 Å². The van der Waals surface area contributed by atoms with E-state index in [1.807, 2.05) is 37.3 Å². The minimum absolute atomic E-state index is 0.00385. The zero-order valence-electron chi connectivity index (χ0n) is 16.7. The first-order valence-electron chi connectivity index (χ1n) is 9.84. The lowest BCUT2D eigenvalue weighted by Gasteiger charge is -2.29. The molecule has 6 heteroatoms. The molecule has 1 aliphatic rings. The smallest absolute Gasteiger partial charge is 0.338 e. The fourth-order valence-corrected chi connectivity index (χ4v) is 3.86. The van der Waals surface area contributed by atoms with Crippen LogP contribution in [-0.2, 0) is 16.1 Å². The van der Waals surface area contributed by atoms with Crippen LogP contribution in [0.2, 0.25) is 5.02 Å². The van der Waals surface area contributed by atoms with E-state index in [9.17, 15) is 9.59 Å². The second kappa shape index (κ2) is 9.79. The number of methoxy groups -OCH3 is 1. The molecule has 3 rings (SSSR count). The van der Waals surface area contributed by atoms with Gasteiger partial charge in [-0.05, 0) is 50.3 Å². The van der Waals surface area contributed by atoms with E-state index in [0.29, 0.717) is 28.4 Å². The van der Waals surface area contributed by atoms with E-state index < -0.39 is 5.97 Å². The Morgan fingerprint density at radius 3 is 2.45 bits per heavy atom. The average Bonchev–Trinajstić information content (AvgIpc) is 2.75. The van der Waals surface area contributed by atoms with Gasteiger partial charge in [-0.25, -0.2) is 4.79 Å². The molecule has 1 amide bonds. The predicted octanol–water partition coefficient (Wildman–Crippen LogP) is 4.69. The van der Waals surface area contributed by atoms with E-state index in [-0.39, 0.29) is 17.9 Å². The van der Waals surface area contributed by atoms with Gasteiger partial charge < -0.3 is 14.8 Å². The summed E-state index contributed by atoms with van der Waals surface area (Å²) >= 11 is 6.15. The molecule has 1 aliphatic carbocycles. The van der Waals surface area contributed by atoms with E-state index >= 15 is 0 Å². The van der Waals surface area contributed by atoms with Crippen LogP contribution in [0.25, 0.3) is 0 Å². The standard InChI is InChI=1S/C23H26ClNO4/c1-15-20(23(27)28-2)12-18(24)13-21(15)29-19-10-8-17(9-11-19)22(26)25-14-16-6-4-3-5-7-16/h3-7,12-13,17,19H,8-11,14H2,1-2H3,(H,25,26). The summed E-state index contributed by atoms with van der Waals surface area (Å²) in [6.45, 7) is 2.37. The van der Waals surface area contributed by atoms with Crippen molar-refractivity contribution in [3.8, 4) is 5.75 Å². The largest absolute Gasteiger partial charge is 0.490 e. The van der Waals surface area contributed by atoms with Gasteiger partial charge in [0.2, 0.25) is 5.91 Å². The molecule has 0 aromatic heterocycles. The molecule has 2 aromatic rings. The maximum absolute atomic E-state index is 12.5. The number of halogens is 1. The number of carbonyl (C=O) groups is 2. The number of nitrogens with one attached hydrogen (secondary N) is 1. The number of esters is 1. The maximum Gasteiger partial charge on any atom is 0.338 e. The summed E-state index contributed by atoms with van der Waals surface area (Å²) in [5.74, 6) is 0.257. The molecule has 154 valence electrons. The molecule has 2 aromatic carbocycles. The van der Waals surface area contributed by atoms with Crippen molar-refractivity contribution in [3.63, 3.8) is 0 Å². The number of amides is 1. The van der Waals surface area contributed by atoms with E-state index in [2.05, 4.69) is 5.32 Å². The Morgan fingerprint density at radius 2 is 1.79 bits per heavy atom. The molecule has 0 heterocycles. The summed E-state index contributed by atoms with van der Waals surface area (Å²) in [6.07, 6.45) is 3.10. The maximum atomic E-state index is 12.5. The molecule has 1 saturated carbocycles. The molecule has 29 heavy (non-hydrogen) atoms. The lowest BCUT2D eigenvalue weighted by Crippen LogP contribution is -2.35. The van der Waals surface area contributed by atoms with Crippen LogP contribution < -0.4 is 10.1 Å². The van der Waals surface area contributed by atoms with Gasteiger partial charge in [0.05, 0.1) is 18.8 Å². The molecule has 0 atom stereocenters. The Morgan fingerprint density at radius 1 is 1.10 bits per heavy atom. The van der Waals surface area contributed by atoms with Crippen LogP contribution in [0.1, 0.15) is 47.2 Å². The molecule has 0 unspecified atom stereocenters. The fraction of sp³-hybridized carbons (Fsp3) is 0.391. The van der Waals surface area contributed by atoms with Gasteiger partial charge in [0.15, 0.2) is 0 Å². The number of hydrogen-bond acceptors (Lipinski definition) is 4. The van der Waals surface area contributed by atoms with Gasteiger partial charge in [-0.15, -0.1) is 0 Å². The Labute approximate surface area is 176 Å². The van der Waals surface area contributed by atoms with E-state index in [1.165, 1.54) is 7.11 Å². The third-order valence-electron chi connectivity index (χ3n) is 5.38. The molecule has 0 bridgehead atoms. The highest BCUT2D eigenvalue weighted by Crippen LogP contribution is 2.32. The van der Waals surface area contributed by atoms with E-state index in [0.717, 1.165) is 31.2 Å². The summed E-state index contributed by atoms with van der Waals surface area (Å²) in [6, 6.07) is 13.2. The van der Waals surface area contributed by atoms with Crippen LogP contribution in [0, 0.1) is 12.8 Å². The van der Waals surface area contributed by atoms with Gasteiger partial charge in [0, 0.05) is 23.0 Å². The molecule has 5 nitrogen and oxygen atoms in total. The highest BCUT2D eigenvalue weighted by Gasteiger charge is 2.28. The van der Waals surface area contributed by atoms with Crippen LogP contribution >= 0.6 is 11.6 Å². The average molecular weight is 416 g/mol. The number of carbonyl (C=O) groups excluding carboxylic acids is 2. The second-order valence-corrected chi connectivity index (χ2v) is 7.80. The lowest BCUT2D eigenvalue weighted by molar-refractivity contribution is -0.126. The zero-order valence-corrected chi connectivity index (χ0v) is 17.5. The first kappa shape index (κ1) is 21.2. The highest BCUT2D eigenvalue weighted by molar-refractivity contribution is 6.31. The van der Waals surface area contributed by atoms with Crippen LogP contribution in [0.3, 0.4) is 0 Å². The molecular formula is C23H26ClNO4. The van der Waals surface area contributed by atoms with Gasteiger partial charge in [0.25, 0.3) is 0 Å². The van der Waals surface area contributed by atoms with Crippen LogP contribution in [0.15, 0.2) is 42.5 Å².